The maximum absolute atomic E-state index is 12.7. The number of fused-ring (bicyclic) bond motifs is 1. The number of nitrogens with zero attached hydrogens (tertiary/aromatic N) is 2. The molecular weight excluding hydrogens is 392 g/mol. The van der Waals surface area contributed by atoms with Crippen molar-refractivity contribution in [1.82, 2.24) is 14.9 Å². The zero-order valence-corrected chi connectivity index (χ0v) is 18.4. The number of H-pyrrole nitrogens is 1. The third kappa shape index (κ3) is 4.95. The van der Waals surface area contributed by atoms with Crippen molar-refractivity contribution in [2.45, 2.75) is 38.0 Å². The van der Waals surface area contributed by atoms with E-state index < -0.39 is 0 Å². The summed E-state index contributed by atoms with van der Waals surface area (Å²) in [5.74, 6) is 0.366. The lowest BCUT2D eigenvalue weighted by Crippen LogP contribution is -2.17. The SMILES string of the molecule is COC(CCc1ccc(C(=O)Nc2cc3[nH]c(C4CCCN4C)cc3cn2)cc1)OC. The van der Waals surface area contributed by atoms with E-state index in [-0.39, 0.29) is 12.2 Å². The molecule has 1 aromatic carbocycles. The fraction of sp³-hybridized carbons (Fsp3) is 0.417. The van der Waals surface area contributed by atoms with Gasteiger partial charge in [-0.3, -0.25) is 9.69 Å². The van der Waals surface area contributed by atoms with Gasteiger partial charge in [0.05, 0.1) is 5.52 Å². The Hall–Kier alpha value is -2.74. The van der Waals surface area contributed by atoms with Gasteiger partial charge < -0.3 is 19.8 Å². The molecule has 0 saturated carbocycles. The van der Waals surface area contributed by atoms with Gasteiger partial charge in [-0.2, -0.15) is 0 Å². The first-order valence-corrected chi connectivity index (χ1v) is 10.7. The quantitative estimate of drug-likeness (QED) is 0.534. The van der Waals surface area contributed by atoms with Gasteiger partial charge in [-0.15, -0.1) is 0 Å². The number of aromatic nitrogens is 2. The Morgan fingerprint density at radius 2 is 2.03 bits per heavy atom. The topological polar surface area (TPSA) is 79.5 Å². The number of carbonyl (C=O) groups excluding carboxylic acids is 1. The molecule has 0 bridgehead atoms. The van der Waals surface area contributed by atoms with Gasteiger partial charge >= 0.3 is 0 Å². The van der Waals surface area contributed by atoms with Gasteiger partial charge in [0.25, 0.3) is 5.91 Å². The van der Waals surface area contributed by atoms with Crippen LogP contribution in [0.1, 0.15) is 46.9 Å². The molecule has 1 unspecified atom stereocenters. The van der Waals surface area contributed by atoms with Crippen LogP contribution in [0.25, 0.3) is 10.9 Å². The number of benzene rings is 1. The summed E-state index contributed by atoms with van der Waals surface area (Å²) in [5, 5.41) is 3.96. The molecule has 0 aliphatic carbocycles. The lowest BCUT2D eigenvalue weighted by atomic mass is 10.1. The van der Waals surface area contributed by atoms with Crippen LogP contribution in [0.2, 0.25) is 0 Å². The summed E-state index contributed by atoms with van der Waals surface area (Å²) in [5.41, 5.74) is 3.92. The Balaban J connectivity index is 1.40. The number of rotatable bonds is 8. The molecule has 164 valence electrons. The second-order valence-corrected chi connectivity index (χ2v) is 8.11. The summed E-state index contributed by atoms with van der Waals surface area (Å²) in [7, 11) is 5.42. The molecule has 1 aliphatic rings. The summed E-state index contributed by atoms with van der Waals surface area (Å²) in [4.78, 5) is 23.0. The third-order valence-corrected chi connectivity index (χ3v) is 6.06. The fourth-order valence-corrected chi connectivity index (χ4v) is 4.23. The van der Waals surface area contributed by atoms with Gasteiger partial charge in [0, 0.05) is 55.6 Å². The highest BCUT2D eigenvalue weighted by atomic mass is 16.7. The van der Waals surface area contributed by atoms with Crippen molar-refractivity contribution >= 4 is 22.6 Å². The number of amides is 1. The van der Waals surface area contributed by atoms with Gasteiger partial charge in [-0.1, -0.05) is 12.1 Å². The first kappa shape index (κ1) is 21.5. The van der Waals surface area contributed by atoms with E-state index >= 15 is 0 Å². The van der Waals surface area contributed by atoms with Crippen LogP contribution in [0.15, 0.2) is 42.6 Å². The minimum atomic E-state index is -0.216. The van der Waals surface area contributed by atoms with E-state index in [1.54, 1.807) is 14.2 Å². The van der Waals surface area contributed by atoms with Gasteiger partial charge in [0.2, 0.25) is 0 Å². The number of carbonyl (C=O) groups is 1. The van der Waals surface area contributed by atoms with Crippen molar-refractivity contribution in [3.63, 3.8) is 0 Å². The molecule has 1 saturated heterocycles. The minimum absolute atomic E-state index is 0.174. The van der Waals surface area contributed by atoms with E-state index in [4.69, 9.17) is 9.47 Å². The lowest BCUT2D eigenvalue weighted by Gasteiger charge is -2.17. The van der Waals surface area contributed by atoms with Crippen LogP contribution in [0.3, 0.4) is 0 Å². The maximum atomic E-state index is 12.7. The molecular formula is C24H30N4O3. The maximum Gasteiger partial charge on any atom is 0.256 e. The molecule has 1 aliphatic heterocycles. The fourth-order valence-electron chi connectivity index (χ4n) is 4.23. The van der Waals surface area contributed by atoms with Gasteiger partial charge in [-0.05, 0) is 56.6 Å². The number of likely N-dealkylation sites (tertiary alicyclic amines) is 1. The monoisotopic (exact) mass is 422 g/mol. The molecule has 7 nitrogen and oxygen atoms in total. The van der Waals surface area contributed by atoms with Gasteiger partial charge in [0.15, 0.2) is 6.29 Å². The Kier molecular flexibility index (Phi) is 6.65. The summed E-state index contributed by atoms with van der Waals surface area (Å²) >= 11 is 0. The third-order valence-electron chi connectivity index (χ3n) is 6.06. The molecule has 1 amide bonds. The Morgan fingerprint density at radius 1 is 1.26 bits per heavy atom. The summed E-state index contributed by atoms with van der Waals surface area (Å²) in [6.07, 6.45) is 5.55. The first-order valence-electron chi connectivity index (χ1n) is 10.7. The summed E-state index contributed by atoms with van der Waals surface area (Å²) in [6.45, 7) is 1.12. The second kappa shape index (κ2) is 9.60. The highest BCUT2D eigenvalue weighted by Crippen LogP contribution is 2.32. The largest absolute Gasteiger partial charge is 0.357 e. The Morgan fingerprint density at radius 3 is 2.71 bits per heavy atom. The molecule has 4 rings (SSSR count). The highest BCUT2D eigenvalue weighted by molar-refractivity contribution is 6.04. The Bertz CT molecular complexity index is 1030. The van der Waals surface area contributed by atoms with Crippen LogP contribution in [0.5, 0.6) is 0 Å². The number of methoxy groups -OCH3 is 2. The van der Waals surface area contributed by atoms with Crippen molar-refractivity contribution in [2.24, 2.45) is 0 Å². The van der Waals surface area contributed by atoms with Gasteiger partial charge in [0.1, 0.15) is 5.82 Å². The number of anilines is 1. The molecule has 7 heteroatoms. The van der Waals surface area contributed by atoms with Crippen LogP contribution in [-0.2, 0) is 15.9 Å². The predicted octanol–water partition coefficient (Wildman–Crippen LogP) is 4.13. The van der Waals surface area contributed by atoms with Crippen LogP contribution in [-0.4, -0.2) is 54.9 Å². The molecule has 2 aromatic heterocycles. The van der Waals surface area contributed by atoms with Crippen LogP contribution >= 0.6 is 0 Å². The molecule has 1 atom stereocenters. The van der Waals surface area contributed by atoms with Crippen LogP contribution < -0.4 is 5.32 Å². The molecule has 2 N–H and O–H groups in total. The van der Waals surface area contributed by atoms with Crippen molar-refractivity contribution in [3.05, 3.63) is 59.4 Å². The minimum Gasteiger partial charge on any atom is -0.357 e. The molecule has 0 radical (unpaired) electrons. The summed E-state index contributed by atoms with van der Waals surface area (Å²) in [6, 6.07) is 12.1. The van der Waals surface area contributed by atoms with Crippen molar-refractivity contribution in [2.75, 3.05) is 33.1 Å². The Labute approximate surface area is 182 Å². The number of nitrogens with one attached hydrogen (secondary N) is 2. The smallest absolute Gasteiger partial charge is 0.256 e. The molecule has 0 spiro atoms. The van der Waals surface area contributed by atoms with E-state index in [9.17, 15) is 4.79 Å². The van der Waals surface area contributed by atoms with Crippen LogP contribution in [0, 0.1) is 0 Å². The average molecular weight is 423 g/mol. The zero-order valence-electron chi connectivity index (χ0n) is 18.4. The van der Waals surface area contributed by atoms with E-state index in [0.29, 0.717) is 17.4 Å². The predicted molar refractivity (Wildman–Crippen MR) is 121 cm³/mol. The number of pyridine rings is 1. The van der Waals surface area contributed by atoms with E-state index in [1.165, 1.54) is 12.1 Å². The first-order chi connectivity index (χ1) is 15.1. The number of ether oxygens (including phenoxy) is 2. The van der Waals surface area contributed by atoms with Gasteiger partial charge in [-0.25, -0.2) is 4.98 Å². The molecule has 3 heterocycles. The normalized spacial score (nSPS) is 17.0. The average Bonchev–Trinajstić information content (AvgIpc) is 3.40. The van der Waals surface area contributed by atoms with Crippen molar-refractivity contribution in [1.29, 1.82) is 0 Å². The summed E-state index contributed by atoms with van der Waals surface area (Å²) < 4.78 is 10.4. The molecule has 31 heavy (non-hydrogen) atoms. The molecule has 3 aromatic rings. The standard InChI is InChI=1S/C24H30N4O3/c1-28-12-4-5-21(28)20-13-18-15-25-22(14-19(18)26-20)27-24(29)17-9-6-16(7-10-17)8-11-23(30-2)31-3/h6-7,9-10,13-15,21,23,26H,4-5,8,11-12H2,1-3H3,(H,25,27,29). The highest BCUT2D eigenvalue weighted by Gasteiger charge is 2.24. The molecule has 1 fully saturated rings. The zero-order chi connectivity index (χ0) is 21.8. The van der Waals surface area contributed by atoms with Crippen molar-refractivity contribution < 1.29 is 14.3 Å². The van der Waals surface area contributed by atoms with E-state index in [1.807, 2.05) is 36.5 Å². The van der Waals surface area contributed by atoms with E-state index in [0.717, 1.165) is 42.3 Å². The van der Waals surface area contributed by atoms with E-state index in [2.05, 4.69) is 33.3 Å². The van der Waals surface area contributed by atoms with Crippen molar-refractivity contribution in [3.8, 4) is 0 Å². The second-order valence-electron chi connectivity index (χ2n) is 8.11. The lowest BCUT2D eigenvalue weighted by molar-refractivity contribution is -0.105. The number of hydrogen-bond acceptors (Lipinski definition) is 5. The number of aromatic amines is 1. The number of aryl methyl sites for hydroxylation is 1. The number of hydrogen-bond donors (Lipinski definition) is 2. The van der Waals surface area contributed by atoms with Crippen LogP contribution in [0.4, 0.5) is 5.82 Å².